The van der Waals surface area contributed by atoms with Crippen molar-refractivity contribution in [3.63, 3.8) is 0 Å². The number of hydrogen-bond donors (Lipinski definition) is 1. The Morgan fingerprint density at radius 1 is 1.19 bits per heavy atom. The van der Waals surface area contributed by atoms with Crippen molar-refractivity contribution in [1.82, 2.24) is 0 Å². The fraction of sp³-hybridized carbons (Fsp3) is 0.407. The number of aliphatic imine (C=N–C) groups is 1. The molecule has 0 bridgehead atoms. The molecule has 1 heterocycles. The van der Waals surface area contributed by atoms with Gasteiger partial charge in [-0.05, 0) is 74.6 Å². The number of alkyl halides is 3. The molecule has 1 aliphatic heterocycles. The third-order valence-corrected chi connectivity index (χ3v) is 5.61. The normalized spacial score (nSPS) is 15.4. The molecule has 36 heavy (non-hydrogen) atoms. The van der Waals surface area contributed by atoms with Crippen molar-refractivity contribution in [3.8, 4) is 16.9 Å². The Hall–Kier alpha value is -3.33. The quantitative estimate of drug-likeness (QED) is 0.402. The van der Waals surface area contributed by atoms with Gasteiger partial charge in [-0.1, -0.05) is 12.1 Å². The Bertz CT molecular complexity index is 1180. The molecule has 0 aromatic heterocycles. The molecule has 0 aliphatic carbocycles. The summed E-state index contributed by atoms with van der Waals surface area (Å²) >= 11 is 0. The molecule has 2 N–H and O–H groups in total. The highest BCUT2D eigenvalue weighted by Gasteiger charge is 2.42. The summed E-state index contributed by atoms with van der Waals surface area (Å²) in [6, 6.07) is 7.39. The Labute approximate surface area is 209 Å². The number of rotatable bonds is 6. The Morgan fingerprint density at radius 2 is 1.92 bits per heavy atom. The van der Waals surface area contributed by atoms with Gasteiger partial charge in [0.25, 0.3) is 0 Å². The molecular formula is C27H31F3N2O4. The topological polar surface area (TPSA) is 83.1 Å². The minimum absolute atomic E-state index is 0.135. The van der Waals surface area contributed by atoms with Crippen LogP contribution in [0.1, 0.15) is 55.5 Å². The van der Waals surface area contributed by atoms with Crippen LogP contribution in [-0.2, 0) is 26.9 Å². The number of ether oxygens (including phenoxy) is 3. The van der Waals surface area contributed by atoms with E-state index in [-0.39, 0.29) is 16.8 Å². The Kier molecular flexibility index (Phi) is 8.13. The van der Waals surface area contributed by atoms with Crippen LogP contribution in [0.3, 0.4) is 0 Å². The molecule has 0 spiro atoms. The number of benzene rings is 2. The standard InChI is InChI=1S/C27H31F3N2O4/c1-26(2,3)36-24(25(33)34-5)23-19(27(28,29)30)10-9-18(20(31)12-13-32-4)22(23)17-8-11-21-16(15-17)7-6-14-35-21/h8-13,15,24H,6-7,14,31H2,1-5H3. The number of aryl methyl sites for hydroxylation is 1. The number of esters is 1. The van der Waals surface area contributed by atoms with Gasteiger partial charge in [-0.25, -0.2) is 4.79 Å². The SMILES string of the molecule is CN=CC=C(N)c1ccc(C(F)(F)F)c(C(OC(C)(C)C)C(=O)OC)c1-c1ccc2c(c1)CCCO2. The van der Waals surface area contributed by atoms with Gasteiger partial charge in [0, 0.05) is 30.1 Å². The highest BCUT2D eigenvalue weighted by atomic mass is 19.4. The lowest BCUT2D eigenvalue weighted by Gasteiger charge is -2.31. The summed E-state index contributed by atoms with van der Waals surface area (Å²) in [5, 5.41) is 0. The molecule has 1 atom stereocenters. The first kappa shape index (κ1) is 27.3. The zero-order valence-electron chi connectivity index (χ0n) is 21.0. The summed E-state index contributed by atoms with van der Waals surface area (Å²) < 4.78 is 59.8. The first-order valence-electron chi connectivity index (χ1n) is 11.5. The molecule has 194 valence electrons. The van der Waals surface area contributed by atoms with E-state index in [1.165, 1.54) is 18.4 Å². The third kappa shape index (κ3) is 6.07. The maximum Gasteiger partial charge on any atom is 0.416 e. The molecular weight excluding hydrogens is 473 g/mol. The largest absolute Gasteiger partial charge is 0.493 e. The molecule has 1 aliphatic rings. The molecule has 0 fully saturated rings. The van der Waals surface area contributed by atoms with Gasteiger partial charge in [0.1, 0.15) is 5.75 Å². The van der Waals surface area contributed by atoms with Crippen LogP contribution in [0.15, 0.2) is 41.4 Å². The average molecular weight is 505 g/mol. The number of carbonyl (C=O) groups is 1. The van der Waals surface area contributed by atoms with Crippen molar-refractivity contribution in [2.45, 2.75) is 51.5 Å². The summed E-state index contributed by atoms with van der Waals surface area (Å²) in [5.41, 5.74) is 5.93. The van der Waals surface area contributed by atoms with Crippen LogP contribution in [-0.4, -0.2) is 38.5 Å². The molecule has 3 rings (SSSR count). The number of methoxy groups -OCH3 is 1. The van der Waals surface area contributed by atoms with Gasteiger partial charge in [-0.3, -0.25) is 4.99 Å². The minimum Gasteiger partial charge on any atom is -0.493 e. The number of allylic oxidation sites excluding steroid dienone is 1. The Morgan fingerprint density at radius 3 is 2.53 bits per heavy atom. The number of nitrogens with two attached hydrogens (primary N) is 1. The van der Waals surface area contributed by atoms with E-state index in [1.54, 1.807) is 46.0 Å². The number of fused-ring (bicyclic) bond motifs is 1. The zero-order chi connectivity index (χ0) is 26.7. The maximum absolute atomic E-state index is 14.4. The monoisotopic (exact) mass is 504 g/mol. The van der Waals surface area contributed by atoms with Crippen LogP contribution in [0.5, 0.6) is 5.75 Å². The van der Waals surface area contributed by atoms with Gasteiger partial charge in [-0.15, -0.1) is 0 Å². The highest BCUT2D eigenvalue weighted by Crippen LogP contribution is 2.46. The van der Waals surface area contributed by atoms with E-state index in [4.69, 9.17) is 19.9 Å². The molecule has 1 unspecified atom stereocenters. The van der Waals surface area contributed by atoms with Crippen LogP contribution >= 0.6 is 0 Å². The first-order valence-corrected chi connectivity index (χ1v) is 11.5. The van der Waals surface area contributed by atoms with E-state index in [0.717, 1.165) is 25.2 Å². The molecule has 0 radical (unpaired) electrons. The van der Waals surface area contributed by atoms with Crippen molar-refractivity contribution >= 4 is 17.9 Å². The van der Waals surface area contributed by atoms with Gasteiger partial charge in [0.15, 0.2) is 6.10 Å². The van der Waals surface area contributed by atoms with Gasteiger partial charge >= 0.3 is 12.1 Å². The van der Waals surface area contributed by atoms with E-state index >= 15 is 0 Å². The van der Waals surface area contributed by atoms with Crippen LogP contribution in [0.4, 0.5) is 13.2 Å². The fourth-order valence-electron chi connectivity index (χ4n) is 4.14. The smallest absolute Gasteiger partial charge is 0.416 e. The average Bonchev–Trinajstić information content (AvgIpc) is 2.83. The van der Waals surface area contributed by atoms with Crippen molar-refractivity contribution in [3.05, 3.63) is 58.7 Å². The number of nitrogens with zero attached hydrogens (tertiary/aromatic N) is 1. The molecule has 0 amide bonds. The van der Waals surface area contributed by atoms with Gasteiger partial charge in [0.2, 0.25) is 0 Å². The predicted octanol–water partition coefficient (Wildman–Crippen LogP) is 5.73. The minimum atomic E-state index is -4.78. The molecule has 0 saturated carbocycles. The van der Waals surface area contributed by atoms with E-state index in [2.05, 4.69) is 4.99 Å². The van der Waals surface area contributed by atoms with Crippen molar-refractivity contribution in [1.29, 1.82) is 0 Å². The van der Waals surface area contributed by atoms with Gasteiger partial charge in [0.05, 0.1) is 24.9 Å². The van der Waals surface area contributed by atoms with Crippen molar-refractivity contribution < 1.29 is 32.2 Å². The number of halogens is 3. The molecule has 0 saturated heterocycles. The lowest BCUT2D eigenvalue weighted by Crippen LogP contribution is -2.30. The van der Waals surface area contributed by atoms with E-state index in [0.29, 0.717) is 29.9 Å². The highest BCUT2D eigenvalue weighted by molar-refractivity contribution is 5.92. The van der Waals surface area contributed by atoms with Gasteiger partial charge in [-0.2, -0.15) is 13.2 Å². The van der Waals surface area contributed by atoms with Crippen LogP contribution in [0, 0.1) is 0 Å². The van der Waals surface area contributed by atoms with Gasteiger partial charge < -0.3 is 19.9 Å². The molecule has 2 aromatic rings. The predicted molar refractivity (Wildman–Crippen MR) is 133 cm³/mol. The van der Waals surface area contributed by atoms with Crippen LogP contribution in [0.25, 0.3) is 16.8 Å². The summed E-state index contributed by atoms with van der Waals surface area (Å²) in [6.07, 6.45) is -2.01. The van der Waals surface area contributed by atoms with E-state index < -0.39 is 29.4 Å². The summed E-state index contributed by atoms with van der Waals surface area (Å²) in [6.45, 7) is 5.54. The fourth-order valence-corrected chi connectivity index (χ4v) is 4.14. The second-order valence-corrected chi connectivity index (χ2v) is 9.38. The van der Waals surface area contributed by atoms with E-state index in [1.807, 2.05) is 0 Å². The van der Waals surface area contributed by atoms with E-state index in [9.17, 15) is 18.0 Å². The second kappa shape index (κ2) is 10.7. The second-order valence-electron chi connectivity index (χ2n) is 9.38. The molecule has 2 aromatic carbocycles. The summed E-state index contributed by atoms with van der Waals surface area (Å²) in [7, 11) is 2.66. The zero-order valence-corrected chi connectivity index (χ0v) is 21.0. The molecule has 9 heteroatoms. The Balaban J connectivity index is 2.46. The third-order valence-electron chi connectivity index (χ3n) is 5.61. The lowest BCUT2D eigenvalue weighted by atomic mass is 9.85. The van der Waals surface area contributed by atoms with Crippen molar-refractivity contribution in [2.75, 3.05) is 20.8 Å². The maximum atomic E-state index is 14.4. The molecule has 6 nitrogen and oxygen atoms in total. The summed E-state index contributed by atoms with van der Waals surface area (Å²) in [5.74, 6) is -0.273. The van der Waals surface area contributed by atoms with Crippen LogP contribution in [0.2, 0.25) is 0 Å². The summed E-state index contributed by atoms with van der Waals surface area (Å²) in [4.78, 5) is 16.8. The van der Waals surface area contributed by atoms with Crippen molar-refractivity contribution in [2.24, 2.45) is 10.7 Å². The lowest BCUT2D eigenvalue weighted by molar-refractivity contribution is -0.166. The number of hydrogen-bond acceptors (Lipinski definition) is 6. The first-order chi connectivity index (χ1) is 16.9. The number of carbonyl (C=O) groups excluding carboxylic acids is 1. The van der Waals surface area contributed by atoms with Crippen LogP contribution < -0.4 is 10.5 Å².